The minimum atomic E-state index is -5.19. The number of nitrogens with zero attached hydrogens (tertiary/aromatic N) is 1. The molecular formula is C19H24F4NO3-. The fourth-order valence-electron chi connectivity index (χ4n) is 1.88. The number of alkyl halides is 3. The molecule has 0 radical (unpaired) electrons. The van der Waals surface area contributed by atoms with Gasteiger partial charge in [-0.2, -0.15) is 13.2 Å². The van der Waals surface area contributed by atoms with Crippen LogP contribution in [0, 0.1) is 24.6 Å². The van der Waals surface area contributed by atoms with Crippen LogP contribution in [0.2, 0.25) is 0 Å². The molecule has 0 fully saturated rings. The van der Waals surface area contributed by atoms with Crippen LogP contribution >= 0.6 is 0 Å². The fraction of sp³-hybridized carbons (Fsp3) is 0.526. The number of halogens is 4. The topological polar surface area (TPSA) is 52.6 Å². The molecule has 1 atom stereocenters. The van der Waals surface area contributed by atoms with Crippen LogP contribution in [-0.4, -0.2) is 42.8 Å². The summed E-state index contributed by atoms with van der Waals surface area (Å²) in [6.45, 7) is 10.3. The molecule has 4 nitrogen and oxygen atoms in total. The molecule has 0 N–H and O–H groups in total. The van der Waals surface area contributed by atoms with Gasteiger partial charge in [-0.25, -0.2) is 4.39 Å². The van der Waals surface area contributed by atoms with Gasteiger partial charge >= 0.3 is 6.18 Å². The number of carboxylic acid groups (broad SMARTS) is 1. The molecule has 1 rings (SSSR count). The quantitative estimate of drug-likeness (QED) is 0.554. The summed E-state index contributed by atoms with van der Waals surface area (Å²) >= 11 is 0. The van der Waals surface area contributed by atoms with Crippen molar-refractivity contribution in [3.05, 3.63) is 29.6 Å². The van der Waals surface area contributed by atoms with E-state index in [-0.39, 0.29) is 18.2 Å². The largest absolute Gasteiger partial charge is 0.542 e. The Morgan fingerprint density at radius 3 is 2.33 bits per heavy atom. The summed E-state index contributed by atoms with van der Waals surface area (Å²) < 4.78 is 50.4. The molecule has 0 aliphatic rings. The van der Waals surface area contributed by atoms with Crippen LogP contribution in [0.3, 0.4) is 0 Å². The number of carbonyl (C=O) groups is 1. The van der Waals surface area contributed by atoms with Crippen molar-refractivity contribution in [2.75, 3.05) is 19.7 Å². The van der Waals surface area contributed by atoms with Crippen molar-refractivity contribution in [2.24, 2.45) is 0 Å². The van der Waals surface area contributed by atoms with E-state index in [1.807, 2.05) is 13.0 Å². The highest BCUT2D eigenvalue weighted by Crippen LogP contribution is 2.17. The summed E-state index contributed by atoms with van der Waals surface area (Å²) in [7, 11) is 0. The number of aliphatic carboxylic acids is 1. The summed E-state index contributed by atoms with van der Waals surface area (Å²) in [6, 6.07) is 5.46. The minimum absolute atomic E-state index is 0.220. The predicted molar refractivity (Wildman–Crippen MR) is 92.5 cm³/mol. The van der Waals surface area contributed by atoms with Crippen LogP contribution in [0.4, 0.5) is 17.6 Å². The molecule has 0 saturated carbocycles. The third kappa shape index (κ3) is 10.5. The summed E-state index contributed by atoms with van der Waals surface area (Å²) in [5.41, 5.74) is 0.882. The third-order valence-corrected chi connectivity index (χ3v) is 3.65. The molecule has 27 heavy (non-hydrogen) atoms. The molecule has 0 amide bonds. The number of carboxylic acids is 1. The molecule has 152 valence electrons. The Morgan fingerprint density at radius 1 is 1.30 bits per heavy atom. The molecule has 0 heterocycles. The summed E-state index contributed by atoms with van der Waals surface area (Å²) in [5, 5.41) is 8.78. The van der Waals surface area contributed by atoms with Crippen molar-refractivity contribution in [1.29, 1.82) is 0 Å². The van der Waals surface area contributed by atoms with E-state index in [2.05, 4.69) is 37.5 Å². The fourth-order valence-corrected chi connectivity index (χ4v) is 1.88. The number of aryl methyl sites for hydroxylation is 1. The maximum absolute atomic E-state index is 13.5. The van der Waals surface area contributed by atoms with Gasteiger partial charge in [-0.05, 0) is 44.5 Å². The van der Waals surface area contributed by atoms with E-state index < -0.39 is 12.1 Å². The van der Waals surface area contributed by atoms with Crippen LogP contribution < -0.4 is 9.84 Å². The maximum Gasteiger partial charge on any atom is 0.430 e. The van der Waals surface area contributed by atoms with Gasteiger partial charge < -0.3 is 14.6 Å². The zero-order chi connectivity index (χ0) is 21.0. The van der Waals surface area contributed by atoms with Gasteiger partial charge in [0.05, 0.1) is 6.54 Å². The van der Waals surface area contributed by atoms with E-state index in [4.69, 9.17) is 14.6 Å². The van der Waals surface area contributed by atoms with E-state index in [0.717, 1.165) is 25.1 Å². The van der Waals surface area contributed by atoms with Crippen molar-refractivity contribution >= 4 is 5.97 Å². The second-order valence-electron chi connectivity index (χ2n) is 5.68. The number of benzene rings is 1. The first-order valence-electron chi connectivity index (χ1n) is 8.39. The Hall–Kier alpha value is -2.27. The molecule has 0 aliphatic carbocycles. The first-order valence-corrected chi connectivity index (χ1v) is 8.39. The van der Waals surface area contributed by atoms with Gasteiger partial charge in [0.1, 0.15) is 12.6 Å². The molecule has 1 aromatic carbocycles. The Balaban J connectivity index is 0.000000821. The Kier molecular flexibility index (Phi) is 11.2. The second-order valence-corrected chi connectivity index (χ2v) is 5.68. The highest BCUT2D eigenvalue weighted by molar-refractivity contribution is 5.70. The zero-order valence-electron chi connectivity index (χ0n) is 15.8. The number of carbonyl (C=O) groups excluding carboxylic acids is 1. The smallest absolute Gasteiger partial charge is 0.430 e. The average molecular weight is 390 g/mol. The van der Waals surface area contributed by atoms with Crippen LogP contribution in [0.25, 0.3) is 0 Å². The lowest BCUT2D eigenvalue weighted by Crippen LogP contribution is -2.37. The van der Waals surface area contributed by atoms with E-state index >= 15 is 0 Å². The third-order valence-electron chi connectivity index (χ3n) is 3.65. The van der Waals surface area contributed by atoms with E-state index in [9.17, 15) is 17.6 Å². The van der Waals surface area contributed by atoms with Crippen LogP contribution in [0.15, 0.2) is 18.2 Å². The van der Waals surface area contributed by atoms with Gasteiger partial charge in [0, 0.05) is 6.04 Å². The van der Waals surface area contributed by atoms with Crippen molar-refractivity contribution in [1.82, 2.24) is 4.90 Å². The molecule has 0 spiro atoms. The number of rotatable bonds is 6. The van der Waals surface area contributed by atoms with Crippen LogP contribution in [-0.2, 0) is 4.79 Å². The Labute approximate surface area is 157 Å². The second kappa shape index (κ2) is 12.2. The van der Waals surface area contributed by atoms with Crippen molar-refractivity contribution < 1.29 is 32.2 Å². The zero-order valence-corrected chi connectivity index (χ0v) is 15.8. The molecule has 8 heteroatoms. The molecule has 1 unspecified atom stereocenters. The number of ether oxygens (including phenoxy) is 1. The Morgan fingerprint density at radius 2 is 1.89 bits per heavy atom. The molecular weight excluding hydrogens is 366 g/mol. The van der Waals surface area contributed by atoms with Gasteiger partial charge in [0.2, 0.25) is 0 Å². The van der Waals surface area contributed by atoms with Crippen molar-refractivity contribution in [3.8, 4) is 17.6 Å². The van der Waals surface area contributed by atoms with Gasteiger partial charge in [-0.1, -0.05) is 31.8 Å². The van der Waals surface area contributed by atoms with E-state index in [1.165, 1.54) is 6.07 Å². The van der Waals surface area contributed by atoms with Crippen molar-refractivity contribution in [3.63, 3.8) is 0 Å². The van der Waals surface area contributed by atoms with Crippen molar-refractivity contribution in [2.45, 2.75) is 46.3 Å². The minimum Gasteiger partial charge on any atom is -0.542 e. The SMILES string of the molecule is CCC(C)N(CC)CC#CCOc1ccc(C)cc1F.O=C([O-])C(F)(F)F. The highest BCUT2D eigenvalue weighted by Gasteiger charge is 2.28. The lowest BCUT2D eigenvalue weighted by Gasteiger charge is -2.24. The van der Waals surface area contributed by atoms with Gasteiger partial charge in [-0.15, -0.1) is 0 Å². The lowest BCUT2D eigenvalue weighted by molar-refractivity contribution is -0.344. The van der Waals surface area contributed by atoms with Gasteiger partial charge in [0.15, 0.2) is 11.6 Å². The van der Waals surface area contributed by atoms with E-state index in [0.29, 0.717) is 6.04 Å². The summed E-state index contributed by atoms with van der Waals surface area (Å²) in [5.74, 6) is 2.94. The standard InChI is InChI=1S/C17H24FNO.C2HF3O2/c1-5-15(4)19(6-2)11-7-8-12-20-17-10-9-14(3)13-16(17)18;3-2(4,5)1(6)7/h9-10,13,15H,5-6,11-12H2,1-4H3;(H,6,7)/p-1. The molecule has 0 aliphatic heterocycles. The molecule has 0 bridgehead atoms. The molecule has 1 aromatic rings. The average Bonchev–Trinajstić information content (AvgIpc) is 2.58. The normalized spacial score (nSPS) is 11.7. The van der Waals surface area contributed by atoms with Crippen LogP contribution in [0.1, 0.15) is 32.8 Å². The van der Waals surface area contributed by atoms with Crippen LogP contribution in [0.5, 0.6) is 5.75 Å². The lowest BCUT2D eigenvalue weighted by atomic mass is 10.2. The number of hydrogen-bond donors (Lipinski definition) is 0. The Bertz CT molecular complexity index is 651. The van der Waals surface area contributed by atoms with E-state index in [1.54, 1.807) is 6.07 Å². The molecule has 0 saturated heterocycles. The monoisotopic (exact) mass is 390 g/mol. The first kappa shape index (κ1) is 24.7. The maximum atomic E-state index is 13.5. The molecule has 0 aromatic heterocycles. The predicted octanol–water partition coefficient (Wildman–Crippen LogP) is 2.94. The highest BCUT2D eigenvalue weighted by atomic mass is 19.4. The number of hydrogen-bond acceptors (Lipinski definition) is 4. The first-order chi connectivity index (χ1) is 12.5. The van der Waals surface area contributed by atoms with Gasteiger partial charge in [0.25, 0.3) is 0 Å². The summed E-state index contributed by atoms with van der Waals surface area (Å²) in [6.07, 6.45) is -4.08. The summed E-state index contributed by atoms with van der Waals surface area (Å²) in [4.78, 5) is 11.1. The van der Waals surface area contributed by atoms with Gasteiger partial charge in [-0.3, -0.25) is 4.90 Å².